The van der Waals surface area contributed by atoms with Gasteiger partial charge in [-0.2, -0.15) is 5.10 Å². The zero-order valence-electron chi connectivity index (χ0n) is 9.95. The highest BCUT2D eigenvalue weighted by Crippen LogP contribution is 2.17. The number of hydrogen-bond acceptors (Lipinski definition) is 3. The van der Waals surface area contributed by atoms with Crippen molar-refractivity contribution < 1.29 is 0 Å². The lowest BCUT2D eigenvalue weighted by molar-refractivity contribution is 0.634. The maximum absolute atomic E-state index is 5.81. The van der Waals surface area contributed by atoms with E-state index in [2.05, 4.69) is 16.1 Å². The molecule has 0 radical (unpaired) electrons. The number of nitrogens with zero attached hydrogens (tertiary/aromatic N) is 3. The third-order valence-corrected chi connectivity index (χ3v) is 3.00. The Bertz CT molecular complexity index is 658. The topological polar surface area (TPSA) is 56.7 Å². The highest BCUT2D eigenvalue weighted by Gasteiger charge is 2.03. The van der Waals surface area contributed by atoms with Gasteiger partial charge in [-0.15, -0.1) is 0 Å². The summed E-state index contributed by atoms with van der Waals surface area (Å²) in [6.07, 6.45) is 6.46. The zero-order valence-corrected chi connectivity index (χ0v) is 9.95. The minimum absolute atomic E-state index is 0.769. The van der Waals surface area contributed by atoms with E-state index in [1.165, 1.54) is 5.56 Å². The van der Waals surface area contributed by atoms with Crippen LogP contribution in [0, 0.1) is 0 Å². The molecule has 0 fully saturated rings. The van der Waals surface area contributed by atoms with Crippen LogP contribution in [0.3, 0.4) is 0 Å². The van der Waals surface area contributed by atoms with E-state index < -0.39 is 0 Å². The zero-order chi connectivity index (χ0) is 12.4. The van der Waals surface area contributed by atoms with Crippen molar-refractivity contribution in [3.05, 3.63) is 54.5 Å². The second-order valence-electron chi connectivity index (χ2n) is 4.30. The first-order valence-corrected chi connectivity index (χ1v) is 5.93. The first kappa shape index (κ1) is 10.8. The first-order valence-electron chi connectivity index (χ1n) is 5.93. The van der Waals surface area contributed by atoms with Gasteiger partial charge in [0.25, 0.3) is 0 Å². The number of pyridine rings is 1. The maximum atomic E-state index is 5.81. The summed E-state index contributed by atoms with van der Waals surface area (Å²) in [5.41, 5.74) is 8.87. The van der Waals surface area contributed by atoms with E-state index in [-0.39, 0.29) is 0 Å². The summed E-state index contributed by atoms with van der Waals surface area (Å²) in [4.78, 5) is 4.11. The number of benzene rings is 1. The molecule has 0 aliphatic heterocycles. The van der Waals surface area contributed by atoms with Crippen molar-refractivity contribution in [2.75, 3.05) is 5.73 Å². The molecule has 0 aliphatic rings. The van der Waals surface area contributed by atoms with E-state index >= 15 is 0 Å². The van der Waals surface area contributed by atoms with Crippen molar-refractivity contribution in [3.8, 4) is 0 Å². The molecule has 0 saturated heterocycles. The molecule has 2 N–H and O–H groups in total. The highest BCUT2D eigenvalue weighted by molar-refractivity contribution is 5.81. The SMILES string of the molecule is Nc1ccc2cnn(CCc3cccnc3)c2c1. The lowest BCUT2D eigenvalue weighted by Gasteiger charge is -2.04. The molecule has 90 valence electrons. The molecule has 2 aromatic heterocycles. The lowest BCUT2D eigenvalue weighted by Crippen LogP contribution is -2.03. The molecule has 0 spiro atoms. The lowest BCUT2D eigenvalue weighted by atomic mass is 10.2. The van der Waals surface area contributed by atoms with Crippen LogP contribution in [0.1, 0.15) is 5.56 Å². The molecule has 18 heavy (non-hydrogen) atoms. The molecular formula is C14H14N4. The van der Waals surface area contributed by atoms with Gasteiger partial charge in [-0.3, -0.25) is 9.67 Å². The van der Waals surface area contributed by atoms with Crippen LogP contribution in [0.2, 0.25) is 0 Å². The van der Waals surface area contributed by atoms with Crippen LogP contribution < -0.4 is 5.73 Å². The molecule has 1 aromatic carbocycles. The van der Waals surface area contributed by atoms with E-state index in [1.807, 2.05) is 41.3 Å². The molecule has 3 aromatic rings. The van der Waals surface area contributed by atoms with Gasteiger partial charge in [0.1, 0.15) is 0 Å². The summed E-state index contributed by atoms with van der Waals surface area (Å²) in [5, 5.41) is 5.51. The third kappa shape index (κ3) is 2.05. The fraction of sp³-hybridized carbons (Fsp3) is 0.143. The summed E-state index contributed by atoms with van der Waals surface area (Å²) in [6.45, 7) is 0.832. The van der Waals surface area contributed by atoms with Crippen molar-refractivity contribution in [2.45, 2.75) is 13.0 Å². The smallest absolute Gasteiger partial charge is 0.0702 e. The Kier molecular flexibility index (Phi) is 2.68. The quantitative estimate of drug-likeness (QED) is 0.712. The molecule has 0 bridgehead atoms. The predicted molar refractivity (Wildman–Crippen MR) is 72.1 cm³/mol. The number of nitrogen functional groups attached to an aromatic ring is 1. The number of hydrogen-bond donors (Lipinski definition) is 1. The van der Waals surface area contributed by atoms with Crippen LogP contribution in [-0.2, 0) is 13.0 Å². The minimum Gasteiger partial charge on any atom is -0.399 e. The largest absolute Gasteiger partial charge is 0.399 e. The Morgan fingerprint density at radius 2 is 2.11 bits per heavy atom. The van der Waals surface area contributed by atoms with Gasteiger partial charge >= 0.3 is 0 Å². The molecule has 4 heteroatoms. The predicted octanol–water partition coefficient (Wildman–Crippen LogP) is 2.26. The van der Waals surface area contributed by atoms with E-state index in [0.29, 0.717) is 0 Å². The Balaban J connectivity index is 1.85. The molecular weight excluding hydrogens is 224 g/mol. The van der Waals surface area contributed by atoms with Crippen LogP contribution in [-0.4, -0.2) is 14.8 Å². The normalized spacial score (nSPS) is 10.9. The minimum atomic E-state index is 0.769. The number of rotatable bonds is 3. The molecule has 0 unspecified atom stereocenters. The van der Waals surface area contributed by atoms with Crippen molar-refractivity contribution in [3.63, 3.8) is 0 Å². The van der Waals surface area contributed by atoms with E-state index in [0.717, 1.165) is 29.6 Å². The van der Waals surface area contributed by atoms with Gasteiger partial charge in [0.05, 0.1) is 11.7 Å². The summed E-state index contributed by atoms with van der Waals surface area (Å²) >= 11 is 0. The van der Waals surface area contributed by atoms with Crippen LogP contribution >= 0.6 is 0 Å². The summed E-state index contributed by atoms with van der Waals surface area (Å²) in [6, 6.07) is 9.89. The molecule has 4 nitrogen and oxygen atoms in total. The summed E-state index contributed by atoms with van der Waals surface area (Å²) in [5.74, 6) is 0. The number of fused-ring (bicyclic) bond motifs is 1. The fourth-order valence-corrected chi connectivity index (χ4v) is 2.05. The van der Waals surface area contributed by atoms with Gasteiger partial charge in [-0.25, -0.2) is 0 Å². The van der Waals surface area contributed by atoms with Crippen LogP contribution in [0.25, 0.3) is 10.9 Å². The average molecular weight is 238 g/mol. The molecule has 0 saturated carbocycles. The van der Waals surface area contributed by atoms with Gasteiger partial charge in [0.15, 0.2) is 0 Å². The number of aromatic nitrogens is 3. The van der Waals surface area contributed by atoms with Gasteiger partial charge in [-0.1, -0.05) is 6.07 Å². The molecule has 0 aliphatic carbocycles. The number of anilines is 1. The van der Waals surface area contributed by atoms with Crippen molar-refractivity contribution in [1.82, 2.24) is 14.8 Å². The highest BCUT2D eigenvalue weighted by atomic mass is 15.3. The van der Waals surface area contributed by atoms with Gasteiger partial charge < -0.3 is 5.73 Å². The monoisotopic (exact) mass is 238 g/mol. The van der Waals surface area contributed by atoms with Crippen molar-refractivity contribution in [2.24, 2.45) is 0 Å². The van der Waals surface area contributed by atoms with Crippen LogP contribution in [0.5, 0.6) is 0 Å². The maximum Gasteiger partial charge on any atom is 0.0702 e. The Morgan fingerprint density at radius 1 is 1.17 bits per heavy atom. The van der Waals surface area contributed by atoms with Crippen molar-refractivity contribution >= 4 is 16.6 Å². The first-order chi connectivity index (χ1) is 8.83. The molecule has 2 heterocycles. The number of nitrogens with two attached hydrogens (primary N) is 1. The van der Waals surface area contributed by atoms with E-state index in [4.69, 9.17) is 5.73 Å². The fourth-order valence-electron chi connectivity index (χ4n) is 2.05. The Hall–Kier alpha value is -2.36. The third-order valence-electron chi connectivity index (χ3n) is 3.00. The molecule has 3 rings (SSSR count). The van der Waals surface area contributed by atoms with E-state index in [1.54, 1.807) is 6.20 Å². The Morgan fingerprint density at radius 3 is 2.94 bits per heavy atom. The van der Waals surface area contributed by atoms with Gasteiger partial charge in [0.2, 0.25) is 0 Å². The Labute approximate surface area is 105 Å². The average Bonchev–Trinajstić information content (AvgIpc) is 2.80. The second kappa shape index (κ2) is 4.49. The van der Waals surface area contributed by atoms with Crippen molar-refractivity contribution in [1.29, 1.82) is 0 Å². The molecule has 0 atom stereocenters. The summed E-state index contributed by atoms with van der Waals surface area (Å²) < 4.78 is 1.98. The number of aryl methyl sites for hydroxylation is 2. The van der Waals surface area contributed by atoms with Crippen LogP contribution in [0.4, 0.5) is 5.69 Å². The molecule has 0 amide bonds. The van der Waals surface area contributed by atoms with Gasteiger partial charge in [0, 0.05) is 30.0 Å². The van der Waals surface area contributed by atoms with Crippen LogP contribution in [0.15, 0.2) is 48.9 Å². The van der Waals surface area contributed by atoms with E-state index in [9.17, 15) is 0 Å². The summed E-state index contributed by atoms with van der Waals surface area (Å²) in [7, 11) is 0. The second-order valence-corrected chi connectivity index (χ2v) is 4.30. The van der Waals surface area contributed by atoms with Gasteiger partial charge in [-0.05, 0) is 36.2 Å². The standard InChI is InChI=1S/C14H14N4/c15-13-4-3-12-10-17-18(14(12)8-13)7-5-11-2-1-6-16-9-11/h1-4,6,8-10H,5,7,15H2.